The van der Waals surface area contributed by atoms with Crippen LogP contribution in [-0.4, -0.2) is 34.0 Å². The van der Waals surface area contributed by atoms with Crippen molar-refractivity contribution in [1.29, 1.82) is 0 Å². The molecule has 2 unspecified atom stereocenters. The van der Waals surface area contributed by atoms with Crippen molar-refractivity contribution < 1.29 is 0 Å². The van der Waals surface area contributed by atoms with E-state index < -0.39 is 0 Å². The van der Waals surface area contributed by atoms with Crippen LogP contribution in [0.25, 0.3) is 0 Å². The van der Waals surface area contributed by atoms with Crippen molar-refractivity contribution in [2.45, 2.75) is 45.1 Å². The van der Waals surface area contributed by atoms with Gasteiger partial charge in [-0.2, -0.15) is 0 Å². The molecule has 1 saturated heterocycles. The molecule has 5 heteroatoms. The number of hydrogen-bond acceptors (Lipinski definition) is 4. The van der Waals surface area contributed by atoms with Crippen molar-refractivity contribution in [3.8, 4) is 0 Å². The molecule has 19 heavy (non-hydrogen) atoms. The molecular formula is C14H21ClN4. The first kappa shape index (κ1) is 13.1. The van der Waals surface area contributed by atoms with Gasteiger partial charge in [-0.15, -0.1) is 0 Å². The summed E-state index contributed by atoms with van der Waals surface area (Å²) >= 11 is 6.25. The molecule has 2 heterocycles. The van der Waals surface area contributed by atoms with Crippen LogP contribution in [0.5, 0.6) is 0 Å². The minimum Gasteiger partial charge on any atom is -0.368 e. The van der Waals surface area contributed by atoms with Crippen LogP contribution in [0.1, 0.15) is 37.4 Å². The van der Waals surface area contributed by atoms with E-state index in [9.17, 15) is 0 Å². The van der Waals surface area contributed by atoms with Gasteiger partial charge in [0.25, 0.3) is 0 Å². The molecule has 1 aliphatic carbocycles. The fraction of sp³-hybridized carbons (Fsp3) is 0.714. The van der Waals surface area contributed by atoms with Gasteiger partial charge in [0.1, 0.15) is 5.15 Å². The number of likely N-dealkylation sites (tertiary alicyclic amines) is 1. The fourth-order valence-corrected chi connectivity index (χ4v) is 3.93. The van der Waals surface area contributed by atoms with Gasteiger partial charge >= 0.3 is 0 Å². The van der Waals surface area contributed by atoms with Crippen molar-refractivity contribution in [2.24, 2.45) is 5.92 Å². The van der Waals surface area contributed by atoms with Crippen LogP contribution in [-0.2, 0) is 12.8 Å². The van der Waals surface area contributed by atoms with Crippen molar-refractivity contribution in [1.82, 2.24) is 14.9 Å². The third kappa shape index (κ3) is 2.43. The molecule has 3 rings (SSSR count). The Kier molecular flexibility index (Phi) is 3.63. The first-order valence-electron chi connectivity index (χ1n) is 7.24. The molecule has 0 radical (unpaired) electrons. The Morgan fingerprint density at radius 1 is 1.37 bits per heavy atom. The van der Waals surface area contributed by atoms with Crippen molar-refractivity contribution in [3.05, 3.63) is 16.4 Å². The molecule has 4 nitrogen and oxygen atoms in total. The van der Waals surface area contributed by atoms with Gasteiger partial charge in [-0.1, -0.05) is 18.5 Å². The highest BCUT2D eigenvalue weighted by Crippen LogP contribution is 2.36. The van der Waals surface area contributed by atoms with E-state index in [1.165, 1.54) is 32.4 Å². The number of hydrogen-bond donors (Lipinski definition) is 1. The van der Waals surface area contributed by atoms with Crippen LogP contribution >= 0.6 is 11.6 Å². The number of halogens is 1. The quantitative estimate of drug-likeness (QED) is 0.845. The summed E-state index contributed by atoms with van der Waals surface area (Å²) in [4.78, 5) is 11.1. The minimum atomic E-state index is 0.309. The van der Waals surface area contributed by atoms with Gasteiger partial charge < -0.3 is 5.73 Å². The maximum absolute atomic E-state index is 6.25. The highest BCUT2D eigenvalue weighted by Gasteiger charge is 2.36. The van der Waals surface area contributed by atoms with Gasteiger partial charge in [0.15, 0.2) is 0 Å². The maximum atomic E-state index is 6.25. The zero-order valence-corrected chi connectivity index (χ0v) is 12.2. The van der Waals surface area contributed by atoms with Crippen LogP contribution in [0.3, 0.4) is 0 Å². The normalized spacial score (nSPS) is 26.8. The standard InChI is InChI=1S/C14H21ClN4/c1-2-5-19-6-3-4-9-7-11-10(8-12(9)19)13(15)18-14(16)17-11/h9,12H,2-8H2,1H3,(H2,16,17,18). The Morgan fingerprint density at radius 2 is 2.21 bits per heavy atom. The lowest BCUT2D eigenvalue weighted by Gasteiger charge is -2.44. The number of anilines is 1. The molecule has 0 saturated carbocycles. The summed E-state index contributed by atoms with van der Waals surface area (Å²) in [5.74, 6) is 1.02. The van der Waals surface area contributed by atoms with E-state index in [-0.39, 0.29) is 0 Å². The third-order valence-electron chi connectivity index (χ3n) is 4.47. The third-order valence-corrected chi connectivity index (χ3v) is 4.79. The van der Waals surface area contributed by atoms with E-state index >= 15 is 0 Å². The molecule has 0 aromatic carbocycles. The summed E-state index contributed by atoms with van der Waals surface area (Å²) in [6.07, 6.45) is 5.80. The molecule has 2 N–H and O–H groups in total. The molecule has 1 aromatic rings. The molecule has 2 aliphatic rings. The summed E-state index contributed by atoms with van der Waals surface area (Å²) in [7, 11) is 0. The molecule has 1 aliphatic heterocycles. The molecule has 0 spiro atoms. The fourth-order valence-electron chi connectivity index (χ4n) is 3.66. The Bertz CT molecular complexity index is 475. The molecule has 1 aromatic heterocycles. The minimum absolute atomic E-state index is 0.309. The Labute approximate surface area is 119 Å². The van der Waals surface area contributed by atoms with Crippen molar-refractivity contribution >= 4 is 17.5 Å². The summed E-state index contributed by atoms with van der Waals surface area (Å²) in [5.41, 5.74) is 7.91. The van der Waals surface area contributed by atoms with E-state index in [0.29, 0.717) is 23.1 Å². The first-order valence-corrected chi connectivity index (χ1v) is 7.61. The van der Waals surface area contributed by atoms with Gasteiger partial charge in [0.05, 0.1) is 5.69 Å². The van der Waals surface area contributed by atoms with Crippen LogP contribution < -0.4 is 5.73 Å². The summed E-state index contributed by atoms with van der Waals surface area (Å²) in [5, 5.41) is 0.558. The van der Waals surface area contributed by atoms with E-state index in [1.807, 2.05) is 0 Å². The van der Waals surface area contributed by atoms with Crippen molar-refractivity contribution in [2.75, 3.05) is 18.8 Å². The lowest BCUT2D eigenvalue weighted by atomic mass is 9.77. The van der Waals surface area contributed by atoms with E-state index in [2.05, 4.69) is 21.8 Å². The monoisotopic (exact) mass is 280 g/mol. The number of nitrogens with zero attached hydrogens (tertiary/aromatic N) is 3. The lowest BCUT2D eigenvalue weighted by Crippen LogP contribution is -2.49. The van der Waals surface area contributed by atoms with Crippen LogP contribution in [0.2, 0.25) is 5.15 Å². The van der Waals surface area contributed by atoms with Crippen LogP contribution in [0.15, 0.2) is 0 Å². The SMILES string of the molecule is CCCN1CCCC2Cc3nc(N)nc(Cl)c3CC21. The number of piperidine rings is 1. The topological polar surface area (TPSA) is 55.0 Å². The lowest BCUT2D eigenvalue weighted by molar-refractivity contribution is 0.0845. The van der Waals surface area contributed by atoms with E-state index in [0.717, 1.165) is 24.1 Å². The molecule has 104 valence electrons. The summed E-state index contributed by atoms with van der Waals surface area (Å²) < 4.78 is 0. The Hall–Kier alpha value is -0.870. The average Bonchev–Trinajstić information content (AvgIpc) is 2.37. The largest absolute Gasteiger partial charge is 0.368 e. The zero-order valence-electron chi connectivity index (χ0n) is 11.4. The second-order valence-corrected chi connectivity index (χ2v) is 6.07. The summed E-state index contributed by atoms with van der Waals surface area (Å²) in [6.45, 7) is 4.65. The van der Waals surface area contributed by atoms with Gasteiger partial charge in [-0.05, 0) is 51.1 Å². The number of aromatic nitrogens is 2. The molecule has 0 amide bonds. The van der Waals surface area contributed by atoms with Gasteiger partial charge in [0, 0.05) is 11.6 Å². The van der Waals surface area contributed by atoms with Gasteiger partial charge in [-0.3, -0.25) is 4.90 Å². The second-order valence-electron chi connectivity index (χ2n) is 5.71. The van der Waals surface area contributed by atoms with Crippen LogP contribution in [0.4, 0.5) is 5.95 Å². The average molecular weight is 281 g/mol. The first-order chi connectivity index (χ1) is 9.19. The highest BCUT2D eigenvalue weighted by atomic mass is 35.5. The van der Waals surface area contributed by atoms with Crippen LogP contribution in [0, 0.1) is 5.92 Å². The highest BCUT2D eigenvalue weighted by molar-refractivity contribution is 6.30. The molecule has 2 atom stereocenters. The summed E-state index contributed by atoms with van der Waals surface area (Å²) in [6, 6.07) is 0.617. The van der Waals surface area contributed by atoms with Crippen molar-refractivity contribution in [3.63, 3.8) is 0 Å². The zero-order chi connectivity index (χ0) is 13.4. The number of nitrogen functional groups attached to an aromatic ring is 1. The predicted molar refractivity (Wildman–Crippen MR) is 77.2 cm³/mol. The number of fused-ring (bicyclic) bond motifs is 2. The Balaban J connectivity index is 1.91. The molecule has 1 fully saturated rings. The number of nitrogens with two attached hydrogens (primary N) is 1. The molecule has 0 bridgehead atoms. The van der Waals surface area contributed by atoms with Gasteiger partial charge in [0.2, 0.25) is 5.95 Å². The van der Waals surface area contributed by atoms with E-state index in [1.54, 1.807) is 0 Å². The molecular weight excluding hydrogens is 260 g/mol. The van der Waals surface area contributed by atoms with Gasteiger partial charge in [-0.25, -0.2) is 9.97 Å². The maximum Gasteiger partial charge on any atom is 0.221 e. The predicted octanol–water partition coefficient (Wildman–Crippen LogP) is 2.30. The number of rotatable bonds is 2. The Morgan fingerprint density at radius 3 is 3.00 bits per heavy atom. The smallest absolute Gasteiger partial charge is 0.221 e. The van der Waals surface area contributed by atoms with E-state index in [4.69, 9.17) is 17.3 Å². The second kappa shape index (κ2) is 5.25.